The van der Waals surface area contributed by atoms with Crippen molar-refractivity contribution in [1.29, 1.82) is 0 Å². The number of hydrogen-bond donors (Lipinski definition) is 1. The summed E-state index contributed by atoms with van der Waals surface area (Å²) in [5, 5.41) is 14.2. The molecule has 2 aromatic carbocycles. The molecule has 0 radical (unpaired) electrons. The molecule has 0 aromatic heterocycles. The van der Waals surface area contributed by atoms with Crippen molar-refractivity contribution in [2.75, 3.05) is 5.32 Å². The molecule has 0 heterocycles. The molecule has 0 amide bonds. The van der Waals surface area contributed by atoms with E-state index in [2.05, 4.69) is 5.32 Å². The maximum atomic E-state index is 11.0. The van der Waals surface area contributed by atoms with Crippen molar-refractivity contribution in [3.8, 4) is 0 Å². The second-order valence-corrected chi connectivity index (χ2v) is 4.21. The third-order valence-corrected chi connectivity index (χ3v) is 3.02. The summed E-state index contributed by atoms with van der Waals surface area (Å²) in [4.78, 5) is 11.0. The van der Waals surface area contributed by atoms with E-state index in [1.807, 2.05) is 32.0 Å². The summed E-state index contributed by atoms with van der Waals surface area (Å²) >= 11 is 0. The van der Waals surface area contributed by atoms with Crippen molar-refractivity contribution >= 4 is 17.3 Å². The van der Waals surface area contributed by atoms with Gasteiger partial charge in [0.1, 0.15) is 0 Å². The largest absolute Gasteiger partial charge is 0.545 e. The number of carboxylic acid groups (broad SMARTS) is 1. The quantitative estimate of drug-likeness (QED) is 0.896. The summed E-state index contributed by atoms with van der Waals surface area (Å²) in [6.45, 7) is 4.02. The van der Waals surface area contributed by atoms with Gasteiger partial charge in [-0.25, -0.2) is 0 Å². The predicted molar refractivity (Wildman–Crippen MR) is 70.0 cm³/mol. The highest BCUT2D eigenvalue weighted by molar-refractivity contribution is 5.93. The first-order chi connectivity index (χ1) is 8.59. The zero-order valence-electron chi connectivity index (χ0n) is 10.4. The standard InChI is InChI=1S/C15H15NO2/c1-10-6-5-9-13(11(10)2)16-14-8-4-3-7-12(14)15(17)18/h3-9,16H,1-2H3,(H,17,18)/p-1. The number of hydrogen-bond acceptors (Lipinski definition) is 3. The van der Waals surface area contributed by atoms with Gasteiger partial charge in [-0.1, -0.05) is 30.3 Å². The molecule has 3 heteroatoms. The Morgan fingerprint density at radius 3 is 2.39 bits per heavy atom. The van der Waals surface area contributed by atoms with E-state index in [1.165, 1.54) is 6.07 Å². The average Bonchev–Trinajstić information content (AvgIpc) is 2.35. The van der Waals surface area contributed by atoms with Gasteiger partial charge in [0.05, 0.1) is 5.97 Å². The second kappa shape index (κ2) is 4.92. The number of benzene rings is 2. The molecule has 2 aromatic rings. The number of para-hydroxylation sites is 1. The van der Waals surface area contributed by atoms with Gasteiger partial charge < -0.3 is 15.2 Å². The molecule has 0 unspecified atom stereocenters. The van der Waals surface area contributed by atoms with Crippen LogP contribution in [0.1, 0.15) is 21.5 Å². The predicted octanol–water partition coefficient (Wildman–Crippen LogP) is 2.41. The highest BCUT2D eigenvalue weighted by Crippen LogP contribution is 2.24. The minimum absolute atomic E-state index is 0.165. The molecule has 0 aliphatic heterocycles. The molecule has 0 fully saturated rings. The molecular formula is C15H14NO2-. The fourth-order valence-electron chi connectivity index (χ4n) is 1.80. The van der Waals surface area contributed by atoms with Gasteiger partial charge in [0.25, 0.3) is 0 Å². The first-order valence-corrected chi connectivity index (χ1v) is 5.73. The van der Waals surface area contributed by atoms with Crippen LogP contribution in [0.2, 0.25) is 0 Å². The Hall–Kier alpha value is -2.29. The van der Waals surface area contributed by atoms with Gasteiger partial charge in [-0.3, -0.25) is 0 Å². The fraction of sp³-hybridized carbons (Fsp3) is 0.133. The van der Waals surface area contributed by atoms with E-state index >= 15 is 0 Å². The van der Waals surface area contributed by atoms with Crippen molar-refractivity contribution < 1.29 is 9.90 Å². The van der Waals surface area contributed by atoms with Crippen LogP contribution in [-0.2, 0) is 0 Å². The minimum atomic E-state index is -1.18. The summed E-state index contributed by atoms with van der Waals surface area (Å²) in [5.41, 5.74) is 3.88. The molecule has 0 spiro atoms. The lowest BCUT2D eigenvalue weighted by Gasteiger charge is -2.15. The van der Waals surface area contributed by atoms with Crippen molar-refractivity contribution in [1.82, 2.24) is 0 Å². The Kier molecular flexibility index (Phi) is 3.33. The SMILES string of the molecule is Cc1cccc(Nc2ccccc2C(=O)[O-])c1C. The molecule has 0 saturated carbocycles. The highest BCUT2D eigenvalue weighted by Gasteiger charge is 2.05. The molecule has 2 rings (SSSR count). The number of carboxylic acids is 1. The van der Waals surface area contributed by atoms with Crippen LogP contribution in [0.15, 0.2) is 42.5 Å². The minimum Gasteiger partial charge on any atom is -0.545 e. The van der Waals surface area contributed by atoms with Crippen LogP contribution in [0.4, 0.5) is 11.4 Å². The Morgan fingerprint density at radius 2 is 1.67 bits per heavy atom. The third kappa shape index (κ3) is 2.35. The van der Waals surface area contributed by atoms with Crippen molar-refractivity contribution in [2.45, 2.75) is 13.8 Å². The summed E-state index contributed by atoms with van der Waals surface area (Å²) in [6.07, 6.45) is 0. The molecular weight excluding hydrogens is 226 g/mol. The number of nitrogens with one attached hydrogen (secondary N) is 1. The molecule has 1 N–H and O–H groups in total. The second-order valence-electron chi connectivity index (χ2n) is 4.21. The molecule has 0 bridgehead atoms. The summed E-state index contributed by atoms with van der Waals surface area (Å²) in [5.74, 6) is -1.18. The van der Waals surface area contributed by atoms with Crippen LogP contribution in [0.25, 0.3) is 0 Å². The number of aryl methyl sites for hydroxylation is 1. The van der Waals surface area contributed by atoms with Crippen LogP contribution >= 0.6 is 0 Å². The van der Waals surface area contributed by atoms with E-state index in [-0.39, 0.29) is 5.56 Å². The van der Waals surface area contributed by atoms with E-state index < -0.39 is 5.97 Å². The highest BCUT2D eigenvalue weighted by atomic mass is 16.4. The van der Waals surface area contributed by atoms with Crippen LogP contribution in [0, 0.1) is 13.8 Å². The summed E-state index contributed by atoms with van der Waals surface area (Å²) in [7, 11) is 0. The summed E-state index contributed by atoms with van der Waals surface area (Å²) in [6, 6.07) is 12.6. The monoisotopic (exact) mass is 240 g/mol. The Labute approximate surface area is 106 Å². The number of anilines is 2. The zero-order valence-corrected chi connectivity index (χ0v) is 10.4. The van der Waals surface area contributed by atoms with Crippen molar-refractivity contribution in [3.05, 3.63) is 59.2 Å². The lowest BCUT2D eigenvalue weighted by atomic mass is 10.1. The van der Waals surface area contributed by atoms with Crippen LogP contribution < -0.4 is 10.4 Å². The normalized spacial score (nSPS) is 10.1. The molecule has 0 atom stereocenters. The smallest absolute Gasteiger partial charge is 0.0736 e. The molecule has 92 valence electrons. The maximum absolute atomic E-state index is 11.0. The van der Waals surface area contributed by atoms with E-state index in [0.29, 0.717) is 5.69 Å². The van der Waals surface area contributed by atoms with Gasteiger partial charge >= 0.3 is 0 Å². The van der Waals surface area contributed by atoms with Gasteiger partial charge in [-0.15, -0.1) is 0 Å². The van der Waals surface area contributed by atoms with E-state index in [9.17, 15) is 9.90 Å². The molecule has 3 nitrogen and oxygen atoms in total. The number of carbonyl (C=O) groups excluding carboxylic acids is 1. The zero-order chi connectivity index (χ0) is 13.1. The average molecular weight is 240 g/mol. The Balaban J connectivity index is 2.40. The molecule has 18 heavy (non-hydrogen) atoms. The van der Waals surface area contributed by atoms with Crippen LogP contribution in [-0.4, -0.2) is 5.97 Å². The number of carbonyl (C=O) groups is 1. The maximum Gasteiger partial charge on any atom is 0.0736 e. The lowest BCUT2D eigenvalue weighted by Crippen LogP contribution is -2.23. The molecule has 0 aliphatic carbocycles. The number of rotatable bonds is 3. The van der Waals surface area contributed by atoms with Gasteiger partial charge in [0, 0.05) is 16.9 Å². The van der Waals surface area contributed by atoms with Crippen LogP contribution in [0.5, 0.6) is 0 Å². The van der Waals surface area contributed by atoms with E-state index in [4.69, 9.17) is 0 Å². The van der Waals surface area contributed by atoms with Gasteiger partial charge in [0.2, 0.25) is 0 Å². The molecule has 0 aliphatic rings. The van der Waals surface area contributed by atoms with E-state index in [1.54, 1.807) is 18.2 Å². The van der Waals surface area contributed by atoms with Crippen molar-refractivity contribution in [3.63, 3.8) is 0 Å². The number of aromatic carboxylic acids is 1. The molecule has 0 saturated heterocycles. The van der Waals surface area contributed by atoms with Gasteiger partial charge in [0.15, 0.2) is 0 Å². The Bertz CT molecular complexity index is 591. The van der Waals surface area contributed by atoms with Gasteiger partial charge in [-0.2, -0.15) is 0 Å². The Morgan fingerprint density at radius 1 is 1.00 bits per heavy atom. The topological polar surface area (TPSA) is 52.2 Å². The van der Waals surface area contributed by atoms with Gasteiger partial charge in [-0.05, 0) is 37.1 Å². The first-order valence-electron chi connectivity index (χ1n) is 5.73. The fourth-order valence-corrected chi connectivity index (χ4v) is 1.80. The van der Waals surface area contributed by atoms with E-state index in [0.717, 1.165) is 16.8 Å². The van der Waals surface area contributed by atoms with Crippen molar-refractivity contribution in [2.24, 2.45) is 0 Å². The van der Waals surface area contributed by atoms with Crippen LogP contribution in [0.3, 0.4) is 0 Å². The summed E-state index contributed by atoms with van der Waals surface area (Å²) < 4.78 is 0. The first kappa shape index (κ1) is 12.2. The third-order valence-electron chi connectivity index (χ3n) is 3.02. The lowest BCUT2D eigenvalue weighted by molar-refractivity contribution is -0.254.